The third-order valence-corrected chi connectivity index (χ3v) is 11.3. The summed E-state index contributed by atoms with van der Waals surface area (Å²) >= 11 is 0. The lowest BCUT2D eigenvalue weighted by atomic mass is 10.1. The summed E-state index contributed by atoms with van der Waals surface area (Å²) in [6.45, 7) is 6.56. The van der Waals surface area contributed by atoms with E-state index in [0.29, 0.717) is 0 Å². The van der Waals surface area contributed by atoms with Gasteiger partial charge in [0.15, 0.2) is 5.78 Å². The molecule has 5 aromatic rings. The van der Waals surface area contributed by atoms with Crippen LogP contribution in [0.15, 0.2) is 128 Å². The van der Waals surface area contributed by atoms with Crippen LogP contribution in [-0.2, 0) is 0 Å². The number of nitrogens with zero attached hydrogens (tertiary/aromatic N) is 1. The van der Waals surface area contributed by atoms with Crippen molar-refractivity contribution in [3.05, 3.63) is 150 Å². The number of nitrogens with one attached hydrogen (secondary N) is 1. The number of benzene rings is 4. The summed E-state index contributed by atoms with van der Waals surface area (Å²) in [5.74, 6) is -0.0639. The van der Waals surface area contributed by atoms with Gasteiger partial charge in [-0.05, 0) is 80.4 Å². The second-order valence-corrected chi connectivity index (χ2v) is 12.8. The number of aryl methyl sites for hydroxylation is 3. The van der Waals surface area contributed by atoms with E-state index in [2.05, 4.69) is 141 Å². The first kappa shape index (κ1) is 24.0. The first-order valence-electron chi connectivity index (χ1n) is 12.4. The zero-order valence-electron chi connectivity index (χ0n) is 21.1. The first-order valence-corrected chi connectivity index (χ1v) is 14.3. The van der Waals surface area contributed by atoms with Crippen LogP contribution in [0.1, 0.15) is 28.2 Å². The highest BCUT2D eigenvalue weighted by atomic mass is 31.2. The van der Waals surface area contributed by atoms with E-state index in [-0.39, 0.29) is 5.78 Å². The van der Waals surface area contributed by atoms with Crippen LogP contribution in [0.2, 0.25) is 0 Å². The predicted molar refractivity (Wildman–Crippen MR) is 156 cm³/mol. The molecule has 36 heavy (non-hydrogen) atoms. The fourth-order valence-corrected chi connectivity index (χ4v) is 9.92. The minimum atomic E-state index is -2.28. The number of anilines is 1. The van der Waals surface area contributed by atoms with Gasteiger partial charge in [-0.2, -0.15) is 0 Å². The van der Waals surface area contributed by atoms with Crippen molar-refractivity contribution in [2.45, 2.75) is 26.6 Å². The van der Waals surface area contributed by atoms with Crippen molar-refractivity contribution in [3.8, 4) is 0 Å². The molecule has 2 nitrogen and oxygen atoms in total. The summed E-state index contributed by atoms with van der Waals surface area (Å²) in [7, 11) is -2.28. The maximum absolute atomic E-state index is 4.96. The number of pyridine rings is 1. The second kappa shape index (κ2) is 10.5. The van der Waals surface area contributed by atoms with Crippen LogP contribution in [0.5, 0.6) is 0 Å². The molecule has 1 aromatic heterocycles. The minimum absolute atomic E-state index is 0.0639. The van der Waals surface area contributed by atoms with Crippen molar-refractivity contribution in [3.63, 3.8) is 0 Å². The van der Waals surface area contributed by atoms with Crippen LogP contribution in [-0.4, -0.2) is 4.98 Å². The van der Waals surface area contributed by atoms with Crippen molar-refractivity contribution in [2.75, 3.05) is 5.32 Å². The van der Waals surface area contributed by atoms with Gasteiger partial charge in [-0.1, -0.05) is 78.4 Å². The summed E-state index contributed by atoms with van der Waals surface area (Å²) in [4.78, 5) is 4.96. The summed E-state index contributed by atoms with van der Waals surface area (Å²) in [5.41, 5.74) is 6.01. The van der Waals surface area contributed by atoms with Crippen LogP contribution in [0.3, 0.4) is 0 Å². The predicted octanol–water partition coefficient (Wildman–Crippen LogP) is 7.11. The molecule has 0 amide bonds. The van der Waals surface area contributed by atoms with Gasteiger partial charge in [-0.3, -0.25) is 4.98 Å². The average Bonchev–Trinajstić information content (AvgIpc) is 2.92. The summed E-state index contributed by atoms with van der Waals surface area (Å²) < 4.78 is 0. The Morgan fingerprint density at radius 2 is 1.03 bits per heavy atom. The molecule has 0 radical (unpaired) electrons. The maximum Gasteiger partial charge on any atom is 0.195 e. The smallest absolute Gasteiger partial charge is 0.195 e. The lowest BCUT2D eigenvalue weighted by Crippen LogP contribution is -2.38. The molecule has 1 unspecified atom stereocenters. The van der Waals surface area contributed by atoms with Crippen LogP contribution in [0.25, 0.3) is 0 Å². The van der Waals surface area contributed by atoms with E-state index in [1.54, 1.807) is 0 Å². The molecule has 0 saturated heterocycles. The number of hydrogen-bond donors (Lipinski definition) is 1. The van der Waals surface area contributed by atoms with Gasteiger partial charge in [0.1, 0.15) is 28.9 Å². The van der Waals surface area contributed by atoms with Crippen LogP contribution in [0, 0.1) is 20.8 Å². The number of rotatable bonds is 7. The normalized spacial score (nSPS) is 12.2. The molecule has 0 aliphatic rings. The van der Waals surface area contributed by atoms with Gasteiger partial charge >= 0.3 is 0 Å². The Morgan fingerprint density at radius 1 is 0.583 bits per heavy atom. The maximum atomic E-state index is 4.96. The highest BCUT2D eigenvalue weighted by molar-refractivity contribution is 7.96. The molecule has 1 N–H and O–H groups in total. The lowest BCUT2D eigenvalue weighted by molar-refractivity contribution is 0.997. The molecule has 178 valence electrons. The van der Waals surface area contributed by atoms with Gasteiger partial charge in [0.25, 0.3) is 0 Å². The van der Waals surface area contributed by atoms with Crippen molar-refractivity contribution in [2.24, 2.45) is 0 Å². The zero-order valence-corrected chi connectivity index (χ0v) is 22.0. The van der Waals surface area contributed by atoms with E-state index in [4.69, 9.17) is 4.98 Å². The molecule has 5 rings (SSSR count). The Balaban J connectivity index is 1.88. The van der Waals surface area contributed by atoms with Gasteiger partial charge in [0.05, 0.1) is 0 Å². The van der Waals surface area contributed by atoms with Crippen molar-refractivity contribution >= 4 is 28.9 Å². The molecule has 0 bridgehead atoms. The quantitative estimate of drug-likeness (QED) is 0.247. The Kier molecular flexibility index (Phi) is 6.98. The first-order chi connectivity index (χ1) is 17.6. The van der Waals surface area contributed by atoms with Crippen molar-refractivity contribution < 1.29 is 0 Å². The minimum Gasteiger partial charge on any atom is -0.345 e. The molecular weight excluding hydrogens is 455 g/mol. The van der Waals surface area contributed by atoms with E-state index >= 15 is 0 Å². The molecule has 0 fully saturated rings. The zero-order chi connectivity index (χ0) is 25.0. The van der Waals surface area contributed by atoms with Crippen molar-refractivity contribution in [1.29, 1.82) is 0 Å². The summed E-state index contributed by atoms with van der Waals surface area (Å²) in [6, 6.07) is 43.8. The van der Waals surface area contributed by atoms with Gasteiger partial charge < -0.3 is 5.32 Å². The molecule has 0 spiro atoms. The van der Waals surface area contributed by atoms with Gasteiger partial charge in [0, 0.05) is 11.9 Å². The van der Waals surface area contributed by atoms with Crippen LogP contribution in [0.4, 0.5) is 5.69 Å². The van der Waals surface area contributed by atoms with Gasteiger partial charge in [-0.15, -0.1) is 0 Å². The van der Waals surface area contributed by atoms with Crippen molar-refractivity contribution in [1.82, 2.24) is 4.98 Å². The van der Waals surface area contributed by atoms with E-state index < -0.39 is 7.26 Å². The molecule has 4 aromatic carbocycles. The molecule has 0 aliphatic carbocycles. The van der Waals surface area contributed by atoms with Crippen LogP contribution >= 0.6 is 7.26 Å². The van der Waals surface area contributed by atoms with E-state index in [1.807, 2.05) is 12.3 Å². The Labute approximate surface area is 215 Å². The molecule has 0 aliphatic heterocycles. The largest absolute Gasteiger partial charge is 0.345 e. The second-order valence-electron chi connectivity index (χ2n) is 9.30. The average molecular weight is 488 g/mol. The summed E-state index contributed by atoms with van der Waals surface area (Å²) in [6.07, 6.45) is 1.91. The number of hydrogen-bond acceptors (Lipinski definition) is 2. The topological polar surface area (TPSA) is 24.9 Å². The van der Waals surface area contributed by atoms with Gasteiger partial charge in [-0.25, -0.2) is 0 Å². The Bertz CT molecular complexity index is 1300. The van der Waals surface area contributed by atoms with Crippen LogP contribution < -0.4 is 21.2 Å². The third kappa shape index (κ3) is 4.45. The number of aromatic nitrogens is 1. The monoisotopic (exact) mass is 487 g/mol. The molecule has 1 atom stereocenters. The van der Waals surface area contributed by atoms with E-state index in [0.717, 1.165) is 5.69 Å². The lowest BCUT2D eigenvalue weighted by Gasteiger charge is -2.36. The highest BCUT2D eigenvalue weighted by Crippen LogP contribution is 2.66. The fourth-order valence-electron chi connectivity index (χ4n) is 5.34. The fraction of sp³-hybridized carbons (Fsp3) is 0.121. The Morgan fingerprint density at radius 3 is 1.44 bits per heavy atom. The molecular formula is C33H32N2P+. The molecule has 1 heterocycles. The molecule has 0 saturated carbocycles. The summed E-state index contributed by atoms with van der Waals surface area (Å²) in [5, 5.41) is 8.06. The molecule has 3 heteroatoms. The van der Waals surface area contributed by atoms with E-state index in [1.165, 1.54) is 38.3 Å². The Hall–Kier alpha value is -3.74. The SMILES string of the molecule is Cc1cc(C)c(NC(c2ccccn2)[P+](c2ccccc2)(c2ccccc2)c2ccccc2)c(C)c1. The third-order valence-electron chi connectivity index (χ3n) is 6.80. The van der Waals surface area contributed by atoms with Gasteiger partial charge in [0.2, 0.25) is 0 Å². The standard InChI is InChI=1S/C33H32N2P/c1-25-23-26(2)32(27(3)24-25)35-33(31-21-13-14-22-34-31)36(28-15-7-4-8-16-28,29-17-9-5-10-18-29)30-19-11-6-12-20-30/h4-24,33,35H,1-3H3/q+1. The van der Waals surface area contributed by atoms with E-state index in [9.17, 15) is 0 Å². The highest BCUT2D eigenvalue weighted by Gasteiger charge is 2.54.